The number of carbonyl (C=O) groups excluding carboxylic acids is 1. The summed E-state index contributed by atoms with van der Waals surface area (Å²) in [6.45, 7) is -0.124. The predicted octanol–water partition coefficient (Wildman–Crippen LogP) is 5.98. The van der Waals surface area contributed by atoms with Gasteiger partial charge in [-0.1, -0.05) is 35.3 Å². The van der Waals surface area contributed by atoms with Crippen LogP contribution < -0.4 is 24.5 Å². The molecule has 44 heavy (non-hydrogen) atoms. The molecule has 15 heteroatoms. The Morgan fingerprint density at radius 1 is 1.00 bits per heavy atom. The van der Waals surface area contributed by atoms with E-state index in [-0.39, 0.29) is 22.4 Å². The van der Waals surface area contributed by atoms with Gasteiger partial charge in [0.05, 0.1) is 39.3 Å². The summed E-state index contributed by atoms with van der Waals surface area (Å²) in [4.78, 5) is 25.3. The lowest BCUT2D eigenvalue weighted by atomic mass is 9.98. The lowest BCUT2D eigenvalue weighted by Gasteiger charge is -2.29. The van der Waals surface area contributed by atoms with Crippen molar-refractivity contribution >= 4 is 46.6 Å². The first kappa shape index (κ1) is 32.7. The number of hydrazone groups is 1. The number of amidine groups is 1. The SMILES string of the molecule is COc1ccc(CN2/C(=N\NC(=O)C(F)(F)F)[C@H](CC(=O)O)O[C@@H](c3cccc(OC)c3Cl)c3cc(Cl)ccc32)c(OC)c1. The van der Waals surface area contributed by atoms with E-state index in [1.54, 1.807) is 48.5 Å². The minimum absolute atomic E-state index is 0.124. The fourth-order valence-corrected chi connectivity index (χ4v) is 5.11. The number of carboxylic acid groups (broad SMARTS) is 1. The summed E-state index contributed by atoms with van der Waals surface area (Å²) >= 11 is 13.1. The number of rotatable bonds is 9. The number of carboxylic acids is 1. The molecule has 2 N–H and O–H groups in total. The van der Waals surface area contributed by atoms with Crippen LogP contribution in [0.3, 0.4) is 0 Å². The third kappa shape index (κ3) is 7.12. The zero-order valence-electron chi connectivity index (χ0n) is 23.4. The minimum Gasteiger partial charge on any atom is -0.497 e. The van der Waals surface area contributed by atoms with E-state index in [9.17, 15) is 27.9 Å². The molecule has 0 aromatic heterocycles. The summed E-state index contributed by atoms with van der Waals surface area (Å²) in [5.41, 5.74) is 3.06. The lowest BCUT2D eigenvalue weighted by molar-refractivity contribution is -0.173. The van der Waals surface area contributed by atoms with Crippen LogP contribution in [-0.2, 0) is 20.9 Å². The molecule has 0 unspecified atom stereocenters. The van der Waals surface area contributed by atoms with E-state index in [4.69, 9.17) is 42.1 Å². The van der Waals surface area contributed by atoms with Crippen LogP contribution in [0, 0.1) is 0 Å². The van der Waals surface area contributed by atoms with Gasteiger partial charge in [0, 0.05) is 33.5 Å². The van der Waals surface area contributed by atoms with Crippen LogP contribution in [-0.4, -0.2) is 56.4 Å². The molecular weight excluding hydrogens is 630 g/mol. The summed E-state index contributed by atoms with van der Waals surface area (Å²) in [6.07, 6.45) is -8.65. The van der Waals surface area contributed by atoms with Gasteiger partial charge in [0.25, 0.3) is 0 Å². The second-order valence-electron chi connectivity index (χ2n) is 9.34. The van der Waals surface area contributed by atoms with E-state index >= 15 is 0 Å². The van der Waals surface area contributed by atoms with Gasteiger partial charge in [-0.3, -0.25) is 9.59 Å². The molecular formula is C29H26Cl2F3N3O7. The summed E-state index contributed by atoms with van der Waals surface area (Å²) in [5.74, 6) is -2.94. The van der Waals surface area contributed by atoms with Crippen molar-refractivity contribution in [1.29, 1.82) is 0 Å². The molecule has 1 amide bonds. The number of nitrogens with zero attached hydrogens (tertiary/aromatic N) is 2. The second-order valence-corrected chi connectivity index (χ2v) is 10.2. The number of carbonyl (C=O) groups is 2. The van der Waals surface area contributed by atoms with Crippen molar-refractivity contribution < 1.29 is 46.8 Å². The molecule has 234 valence electrons. The molecule has 0 saturated heterocycles. The van der Waals surface area contributed by atoms with Gasteiger partial charge in [-0.25, -0.2) is 5.43 Å². The van der Waals surface area contributed by atoms with Gasteiger partial charge in [-0.2, -0.15) is 18.3 Å². The Labute approximate surface area is 259 Å². The number of halogens is 5. The number of hydrogen-bond donors (Lipinski definition) is 2. The highest BCUT2D eigenvalue weighted by Crippen LogP contribution is 2.45. The van der Waals surface area contributed by atoms with Crippen molar-refractivity contribution in [2.75, 3.05) is 26.2 Å². The van der Waals surface area contributed by atoms with E-state index in [1.807, 2.05) is 0 Å². The smallest absolute Gasteiger partial charge is 0.473 e. The topological polar surface area (TPSA) is 119 Å². The quantitative estimate of drug-likeness (QED) is 0.270. The Bertz CT molecular complexity index is 1590. The van der Waals surface area contributed by atoms with Crippen LogP contribution >= 0.6 is 23.2 Å². The molecule has 1 heterocycles. The number of nitrogens with one attached hydrogen (secondary N) is 1. The van der Waals surface area contributed by atoms with Gasteiger partial charge >= 0.3 is 18.1 Å². The Morgan fingerprint density at radius 2 is 1.73 bits per heavy atom. The zero-order chi connectivity index (χ0) is 32.2. The number of benzene rings is 3. The molecule has 2 atom stereocenters. The number of fused-ring (bicyclic) bond motifs is 1. The number of amides is 1. The summed E-state index contributed by atoms with van der Waals surface area (Å²) in [7, 11) is 4.30. The lowest BCUT2D eigenvalue weighted by Crippen LogP contribution is -2.43. The maximum atomic E-state index is 13.2. The normalized spacial score (nSPS) is 17.5. The van der Waals surface area contributed by atoms with Gasteiger partial charge in [-0.15, -0.1) is 0 Å². The predicted molar refractivity (Wildman–Crippen MR) is 156 cm³/mol. The van der Waals surface area contributed by atoms with Crippen LogP contribution in [0.5, 0.6) is 17.2 Å². The Morgan fingerprint density at radius 3 is 2.36 bits per heavy atom. The summed E-state index contributed by atoms with van der Waals surface area (Å²) < 4.78 is 62.1. The van der Waals surface area contributed by atoms with E-state index in [0.717, 1.165) is 0 Å². The standard InChI is InChI=1S/C29H26Cl2F3N3O7/c1-41-17-9-7-15(22(12-17)43-3)14-37-20-10-8-16(30)11-19(20)26(18-5-4-6-21(42-2)25(18)31)44-23(13-24(38)39)27(37)35-36-28(40)29(32,33)34/h4-12,23,26H,13-14H2,1-3H3,(H,36,40)(H,38,39)/b35-27-/t23-,26-/m0/s1. The van der Waals surface area contributed by atoms with Crippen LogP contribution in [0.25, 0.3) is 0 Å². The minimum atomic E-state index is -5.27. The summed E-state index contributed by atoms with van der Waals surface area (Å²) in [5, 5.41) is 14.0. The molecule has 3 aromatic carbocycles. The van der Waals surface area contributed by atoms with Crippen LogP contribution in [0.2, 0.25) is 10.0 Å². The van der Waals surface area contributed by atoms with E-state index in [2.05, 4.69) is 5.10 Å². The van der Waals surface area contributed by atoms with Crippen molar-refractivity contribution in [3.8, 4) is 17.2 Å². The van der Waals surface area contributed by atoms with Gasteiger partial charge in [-0.05, 0) is 36.4 Å². The molecule has 1 aliphatic heterocycles. The Balaban J connectivity index is 2.00. The number of alkyl halides is 3. The average Bonchev–Trinajstić information content (AvgIpc) is 3.09. The van der Waals surface area contributed by atoms with Crippen molar-refractivity contribution in [1.82, 2.24) is 5.43 Å². The average molecular weight is 656 g/mol. The van der Waals surface area contributed by atoms with Crippen molar-refractivity contribution in [3.63, 3.8) is 0 Å². The number of methoxy groups -OCH3 is 3. The molecule has 0 bridgehead atoms. The second kappa shape index (κ2) is 13.6. The summed E-state index contributed by atoms with van der Waals surface area (Å²) in [6, 6.07) is 14.4. The maximum Gasteiger partial charge on any atom is 0.473 e. The van der Waals surface area contributed by atoms with Crippen LogP contribution in [0.15, 0.2) is 59.7 Å². The van der Waals surface area contributed by atoms with Gasteiger partial charge < -0.3 is 29.0 Å². The zero-order valence-corrected chi connectivity index (χ0v) is 25.0. The van der Waals surface area contributed by atoms with Crippen molar-refractivity contribution in [3.05, 3.63) is 81.3 Å². The molecule has 10 nitrogen and oxygen atoms in total. The van der Waals surface area contributed by atoms with E-state index in [1.165, 1.54) is 37.7 Å². The molecule has 0 spiro atoms. The highest BCUT2D eigenvalue weighted by atomic mass is 35.5. The monoisotopic (exact) mass is 655 g/mol. The molecule has 0 saturated carbocycles. The number of ether oxygens (including phenoxy) is 4. The highest BCUT2D eigenvalue weighted by Gasteiger charge is 2.41. The molecule has 4 rings (SSSR count). The third-order valence-electron chi connectivity index (χ3n) is 6.64. The fourth-order valence-electron chi connectivity index (χ4n) is 4.63. The van der Waals surface area contributed by atoms with Crippen LogP contribution in [0.1, 0.15) is 29.2 Å². The third-order valence-corrected chi connectivity index (χ3v) is 7.28. The molecule has 3 aromatic rings. The number of anilines is 1. The van der Waals surface area contributed by atoms with Crippen LogP contribution in [0.4, 0.5) is 18.9 Å². The number of aliphatic carboxylic acids is 1. The number of hydrogen-bond acceptors (Lipinski definition) is 7. The molecule has 0 fully saturated rings. The highest BCUT2D eigenvalue weighted by molar-refractivity contribution is 6.33. The fraction of sp³-hybridized carbons (Fsp3) is 0.276. The molecule has 0 aliphatic carbocycles. The first-order chi connectivity index (χ1) is 20.9. The molecule has 0 radical (unpaired) electrons. The molecule has 1 aliphatic rings. The largest absolute Gasteiger partial charge is 0.497 e. The van der Waals surface area contributed by atoms with Gasteiger partial charge in [0.1, 0.15) is 29.5 Å². The van der Waals surface area contributed by atoms with Crippen molar-refractivity contribution in [2.24, 2.45) is 5.10 Å². The van der Waals surface area contributed by atoms with Gasteiger partial charge in [0.15, 0.2) is 5.84 Å². The van der Waals surface area contributed by atoms with Crippen molar-refractivity contribution in [2.45, 2.75) is 31.3 Å². The first-order valence-corrected chi connectivity index (χ1v) is 13.6. The van der Waals surface area contributed by atoms with Gasteiger partial charge in [0.2, 0.25) is 0 Å². The van der Waals surface area contributed by atoms with E-state index < -0.39 is 36.7 Å². The maximum absolute atomic E-state index is 13.2. The Kier molecular flexibility index (Phi) is 10.1. The first-order valence-electron chi connectivity index (χ1n) is 12.8. The Hall–Kier alpha value is -4.20. The van der Waals surface area contributed by atoms with E-state index in [0.29, 0.717) is 39.6 Å².